The maximum absolute atomic E-state index is 11.5. The van der Waals surface area contributed by atoms with E-state index in [1.165, 1.54) is 0 Å². The summed E-state index contributed by atoms with van der Waals surface area (Å²) in [6.07, 6.45) is 0. The Balaban J connectivity index is 2.57. The van der Waals surface area contributed by atoms with Crippen LogP contribution in [0.3, 0.4) is 0 Å². The summed E-state index contributed by atoms with van der Waals surface area (Å²) in [6, 6.07) is 8.62. The predicted octanol–water partition coefficient (Wildman–Crippen LogP) is 0.259. The Bertz CT molecular complexity index is 541. The maximum Gasteiger partial charge on any atom is 0.362 e. The van der Waals surface area contributed by atoms with E-state index in [0.717, 1.165) is 4.68 Å². The van der Waals surface area contributed by atoms with Crippen molar-refractivity contribution in [1.29, 1.82) is 0 Å². The van der Waals surface area contributed by atoms with Crippen LogP contribution < -0.4 is 5.56 Å². The molecule has 0 bridgehead atoms. The van der Waals surface area contributed by atoms with Gasteiger partial charge in [-0.3, -0.25) is 4.79 Å². The molecule has 6 heteroatoms. The van der Waals surface area contributed by atoms with Crippen LogP contribution in [-0.4, -0.2) is 26.1 Å². The first-order valence-electron chi connectivity index (χ1n) is 4.16. The van der Waals surface area contributed by atoms with Gasteiger partial charge in [-0.1, -0.05) is 18.2 Å². The molecule has 0 saturated heterocycles. The lowest BCUT2D eigenvalue weighted by molar-refractivity contribution is 0.0689. The quantitative estimate of drug-likeness (QED) is 0.736. The zero-order valence-corrected chi connectivity index (χ0v) is 7.54. The van der Waals surface area contributed by atoms with E-state index in [1.54, 1.807) is 30.3 Å². The van der Waals surface area contributed by atoms with Gasteiger partial charge in [0.15, 0.2) is 0 Å². The smallest absolute Gasteiger partial charge is 0.362 e. The first-order chi connectivity index (χ1) is 7.20. The predicted molar refractivity (Wildman–Crippen MR) is 51.1 cm³/mol. The summed E-state index contributed by atoms with van der Waals surface area (Å²) in [5.41, 5.74) is -0.643. The van der Waals surface area contributed by atoms with Crippen molar-refractivity contribution in [3.8, 4) is 5.69 Å². The highest BCUT2D eigenvalue weighted by atomic mass is 16.4. The fourth-order valence-electron chi connectivity index (χ4n) is 1.19. The van der Waals surface area contributed by atoms with E-state index in [1.807, 2.05) is 0 Å². The Morgan fingerprint density at radius 1 is 1.33 bits per heavy atom. The van der Waals surface area contributed by atoms with Crippen LogP contribution in [0.5, 0.6) is 0 Å². The normalized spacial score (nSPS) is 10.1. The topological polar surface area (TPSA) is 88.0 Å². The van der Waals surface area contributed by atoms with Crippen LogP contribution >= 0.6 is 0 Å². The third-order valence-corrected chi connectivity index (χ3v) is 1.88. The van der Waals surface area contributed by atoms with Crippen molar-refractivity contribution in [3.05, 3.63) is 46.4 Å². The average Bonchev–Trinajstić information content (AvgIpc) is 2.61. The third kappa shape index (κ3) is 1.52. The summed E-state index contributed by atoms with van der Waals surface area (Å²) in [7, 11) is 0. The van der Waals surface area contributed by atoms with E-state index in [9.17, 15) is 9.59 Å². The van der Waals surface area contributed by atoms with Gasteiger partial charge in [0.05, 0.1) is 5.69 Å². The van der Waals surface area contributed by atoms with Crippen molar-refractivity contribution in [1.82, 2.24) is 15.0 Å². The largest absolute Gasteiger partial charge is 0.476 e. The van der Waals surface area contributed by atoms with Crippen LogP contribution in [0.2, 0.25) is 0 Å². The summed E-state index contributed by atoms with van der Waals surface area (Å²) >= 11 is 0. The average molecular weight is 205 g/mol. The lowest BCUT2D eigenvalue weighted by Crippen LogP contribution is -2.20. The fourth-order valence-corrected chi connectivity index (χ4v) is 1.19. The van der Waals surface area contributed by atoms with Gasteiger partial charge in [0.2, 0.25) is 5.69 Å². The Kier molecular flexibility index (Phi) is 2.09. The molecule has 0 aliphatic rings. The van der Waals surface area contributed by atoms with E-state index in [2.05, 4.69) is 10.3 Å². The Hall–Kier alpha value is -2.37. The highest BCUT2D eigenvalue weighted by Crippen LogP contribution is 2.01. The van der Waals surface area contributed by atoms with E-state index in [0.29, 0.717) is 5.69 Å². The van der Waals surface area contributed by atoms with Gasteiger partial charge in [0.25, 0.3) is 0 Å². The molecule has 2 N–H and O–H groups in total. The van der Waals surface area contributed by atoms with Crippen LogP contribution in [0.15, 0.2) is 35.1 Å². The molecule has 0 spiro atoms. The molecule has 0 atom stereocenters. The van der Waals surface area contributed by atoms with Crippen LogP contribution in [0, 0.1) is 0 Å². The summed E-state index contributed by atoms with van der Waals surface area (Å²) in [5, 5.41) is 14.4. The molecule has 1 heterocycles. The van der Waals surface area contributed by atoms with Gasteiger partial charge < -0.3 is 5.11 Å². The maximum atomic E-state index is 11.5. The molecule has 6 nitrogen and oxygen atoms in total. The van der Waals surface area contributed by atoms with Crippen molar-refractivity contribution in [2.75, 3.05) is 0 Å². The summed E-state index contributed by atoms with van der Waals surface area (Å²) in [6.45, 7) is 0. The molecule has 15 heavy (non-hydrogen) atoms. The standard InChI is InChI=1S/C9H7N3O3/c13-8-7(9(14)15)10-11-12(8)6-4-2-1-3-5-6/h1-5,11H,(H,14,15). The summed E-state index contributed by atoms with van der Waals surface area (Å²) in [5.74, 6) is -1.34. The van der Waals surface area contributed by atoms with Crippen LogP contribution in [0.4, 0.5) is 0 Å². The molecule has 0 unspecified atom stereocenters. The van der Waals surface area contributed by atoms with Crippen molar-refractivity contribution < 1.29 is 9.90 Å². The zero-order chi connectivity index (χ0) is 10.8. The van der Waals surface area contributed by atoms with Gasteiger partial charge in [0, 0.05) is 0 Å². The molecule has 0 radical (unpaired) electrons. The molecule has 0 aliphatic heterocycles. The highest BCUT2D eigenvalue weighted by Gasteiger charge is 2.15. The first-order valence-corrected chi connectivity index (χ1v) is 4.16. The van der Waals surface area contributed by atoms with Crippen molar-refractivity contribution >= 4 is 5.97 Å². The van der Waals surface area contributed by atoms with Crippen LogP contribution in [0.25, 0.3) is 5.69 Å². The molecule has 0 fully saturated rings. The molecule has 1 aromatic carbocycles. The minimum absolute atomic E-state index is 0.515. The third-order valence-electron chi connectivity index (χ3n) is 1.88. The van der Waals surface area contributed by atoms with Gasteiger partial charge in [0.1, 0.15) is 0 Å². The van der Waals surface area contributed by atoms with Crippen molar-refractivity contribution in [2.45, 2.75) is 0 Å². The van der Waals surface area contributed by atoms with E-state index in [4.69, 9.17) is 5.11 Å². The van der Waals surface area contributed by atoms with Crippen molar-refractivity contribution in [3.63, 3.8) is 0 Å². The molecule has 0 aliphatic carbocycles. The number of aromatic amines is 1. The minimum atomic E-state index is -1.34. The number of para-hydroxylation sites is 1. The number of carboxylic acids is 1. The minimum Gasteiger partial charge on any atom is -0.476 e. The molecule has 1 aromatic heterocycles. The Morgan fingerprint density at radius 3 is 2.53 bits per heavy atom. The molecule has 0 amide bonds. The van der Waals surface area contributed by atoms with E-state index < -0.39 is 17.2 Å². The van der Waals surface area contributed by atoms with E-state index >= 15 is 0 Å². The van der Waals surface area contributed by atoms with Crippen LogP contribution in [0.1, 0.15) is 10.5 Å². The summed E-state index contributed by atoms with van der Waals surface area (Å²) < 4.78 is 1.07. The number of hydrogen-bond acceptors (Lipinski definition) is 3. The zero-order valence-electron chi connectivity index (χ0n) is 7.54. The lowest BCUT2D eigenvalue weighted by Gasteiger charge is -1.97. The number of hydrogen-bond donors (Lipinski definition) is 2. The second kappa shape index (κ2) is 3.41. The van der Waals surface area contributed by atoms with Gasteiger partial charge >= 0.3 is 11.5 Å². The molecule has 0 saturated carbocycles. The molecular weight excluding hydrogens is 198 g/mol. The molecule has 76 valence electrons. The fraction of sp³-hybridized carbons (Fsp3) is 0. The molecule has 2 rings (SSSR count). The lowest BCUT2D eigenvalue weighted by atomic mass is 10.3. The number of aromatic nitrogens is 3. The SMILES string of the molecule is O=C(O)c1n[nH]n(-c2ccccc2)c1=O. The second-order valence-corrected chi connectivity index (χ2v) is 2.84. The van der Waals surface area contributed by atoms with E-state index in [-0.39, 0.29) is 0 Å². The Labute approximate surface area is 83.8 Å². The number of nitrogens with zero attached hydrogens (tertiary/aromatic N) is 2. The van der Waals surface area contributed by atoms with Gasteiger partial charge in [-0.15, -0.1) is 5.10 Å². The van der Waals surface area contributed by atoms with Gasteiger partial charge in [-0.25, -0.2) is 14.7 Å². The number of rotatable bonds is 2. The Morgan fingerprint density at radius 2 is 2.00 bits per heavy atom. The number of carbonyl (C=O) groups is 1. The highest BCUT2D eigenvalue weighted by molar-refractivity contribution is 5.84. The number of benzene rings is 1. The number of H-pyrrole nitrogens is 1. The number of aromatic carboxylic acids is 1. The molecular formula is C9H7N3O3. The molecule has 2 aromatic rings. The van der Waals surface area contributed by atoms with Gasteiger partial charge in [-0.2, -0.15) is 0 Å². The number of carboxylic acid groups (broad SMARTS) is 1. The first kappa shape index (κ1) is 9.20. The summed E-state index contributed by atoms with van der Waals surface area (Å²) in [4.78, 5) is 22.1. The van der Waals surface area contributed by atoms with Gasteiger partial charge in [-0.05, 0) is 12.1 Å². The second-order valence-electron chi connectivity index (χ2n) is 2.84. The van der Waals surface area contributed by atoms with Crippen LogP contribution in [-0.2, 0) is 0 Å². The monoisotopic (exact) mass is 205 g/mol. The van der Waals surface area contributed by atoms with Crippen molar-refractivity contribution in [2.24, 2.45) is 0 Å². The number of nitrogens with one attached hydrogen (secondary N) is 1.